The first-order chi connectivity index (χ1) is 7.67. The van der Waals surface area contributed by atoms with Crippen molar-refractivity contribution in [2.75, 3.05) is 0 Å². The van der Waals surface area contributed by atoms with Crippen molar-refractivity contribution in [2.24, 2.45) is 31.6 Å². The molecule has 90 valence electrons. The van der Waals surface area contributed by atoms with E-state index in [1.54, 1.807) is 12.3 Å². The van der Waals surface area contributed by atoms with Crippen LogP contribution in [0.5, 0.6) is 0 Å². The minimum absolute atomic E-state index is 0. The first kappa shape index (κ1) is 12.1. The Morgan fingerprint density at radius 1 is 1.41 bits per heavy atom. The zero-order chi connectivity index (χ0) is 11.2. The molecule has 0 bridgehead atoms. The van der Waals surface area contributed by atoms with E-state index in [-0.39, 0.29) is 18.3 Å². The van der Waals surface area contributed by atoms with Gasteiger partial charge in [0.25, 0.3) is 0 Å². The van der Waals surface area contributed by atoms with E-state index in [0.29, 0.717) is 18.0 Å². The highest BCUT2D eigenvalue weighted by atomic mass is 35.5. The summed E-state index contributed by atoms with van der Waals surface area (Å²) in [6.45, 7) is 0. The Labute approximate surface area is 104 Å². The quantitative estimate of drug-likeness (QED) is 0.640. The molecule has 3 rings (SSSR count). The lowest BCUT2D eigenvalue weighted by molar-refractivity contribution is 0.189. The van der Waals surface area contributed by atoms with Gasteiger partial charge in [0.1, 0.15) is 12.1 Å². The Balaban J connectivity index is 0.00000108. The molecule has 3 aliphatic rings. The molecule has 2 heterocycles. The van der Waals surface area contributed by atoms with Gasteiger partial charge in [-0.15, -0.1) is 12.4 Å². The summed E-state index contributed by atoms with van der Waals surface area (Å²) in [6, 6.07) is 0. The number of amidine groups is 1. The number of nitrogens with two attached hydrogens (primary N) is 1. The van der Waals surface area contributed by atoms with Gasteiger partial charge in [0.2, 0.25) is 5.79 Å². The minimum atomic E-state index is -1.05. The third-order valence-corrected chi connectivity index (χ3v) is 2.89. The van der Waals surface area contributed by atoms with Crippen molar-refractivity contribution in [1.82, 2.24) is 0 Å². The molecule has 1 aliphatic carbocycles. The Hall–Kier alpha value is -1.37. The van der Waals surface area contributed by atoms with Gasteiger partial charge in [-0.3, -0.25) is 5.73 Å². The molecule has 17 heavy (non-hydrogen) atoms. The maximum absolute atomic E-state index is 9.44. The highest BCUT2D eigenvalue weighted by molar-refractivity contribution is 6.65. The fraction of sp³-hybridized carbons (Fsp3) is 0.400. The molecular weight excluding hydrogens is 242 g/mol. The van der Waals surface area contributed by atoms with Crippen LogP contribution in [0.3, 0.4) is 0 Å². The predicted octanol–water partition coefficient (Wildman–Crippen LogP) is -0.0765. The lowest BCUT2D eigenvalue weighted by Gasteiger charge is -2.28. The van der Waals surface area contributed by atoms with E-state index in [2.05, 4.69) is 20.0 Å². The summed E-state index contributed by atoms with van der Waals surface area (Å²) in [4.78, 5) is 16.5. The van der Waals surface area contributed by atoms with Crippen LogP contribution >= 0.6 is 12.4 Å². The Kier molecular flexibility index (Phi) is 2.94. The van der Waals surface area contributed by atoms with Gasteiger partial charge in [-0.2, -0.15) is 0 Å². The highest BCUT2D eigenvalue weighted by Crippen LogP contribution is 2.31. The first-order valence-electron chi connectivity index (χ1n) is 5.08. The van der Waals surface area contributed by atoms with Gasteiger partial charge in [0.15, 0.2) is 5.84 Å². The molecule has 1 unspecified atom stereocenters. The second kappa shape index (κ2) is 4.14. The van der Waals surface area contributed by atoms with Crippen molar-refractivity contribution in [2.45, 2.75) is 18.3 Å². The van der Waals surface area contributed by atoms with Gasteiger partial charge in [0.05, 0.1) is 12.3 Å². The van der Waals surface area contributed by atoms with E-state index >= 15 is 0 Å². The summed E-state index contributed by atoms with van der Waals surface area (Å²) in [7, 11) is 0. The molecule has 3 atom stereocenters. The smallest absolute Gasteiger partial charge is 0.210 e. The molecule has 0 aromatic rings. The summed E-state index contributed by atoms with van der Waals surface area (Å²) in [5.74, 6) is -0.625. The molecule has 0 amide bonds. The van der Waals surface area contributed by atoms with Crippen LogP contribution in [0.4, 0.5) is 0 Å². The van der Waals surface area contributed by atoms with E-state index < -0.39 is 11.9 Å². The summed E-state index contributed by atoms with van der Waals surface area (Å²) in [5, 5.41) is 9.44. The van der Waals surface area contributed by atoms with E-state index in [9.17, 15) is 5.11 Å². The van der Waals surface area contributed by atoms with Gasteiger partial charge < -0.3 is 5.11 Å². The number of fused-ring (bicyclic) bond motifs is 1. The van der Waals surface area contributed by atoms with Crippen molar-refractivity contribution < 1.29 is 5.11 Å². The van der Waals surface area contributed by atoms with Crippen LogP contribution in [-0.2, 0) is 0 Å². The zero-order valence-corrected chi connectivity index (χ0v) is 9.71. The van der Waals surface area contributed by atoms with E-state index in [1.165, 1.54) is 6.34 Å². The normalized spacial score (nSPS) is 37.5. The number of aliphatic imine (C=N–C) groups is 4. The minimum Gasteiger partial charge on any atom is -0.389 e. The molecule has 0 saturated carbocycles. The first-order valence-corrected chi connectivity index (χ1v) is 5.08. The fourth-order valence-corrected chi connectivity index (χ4v) is 1.98. The summed E-state index contributed by atoms with van der Waals surface area (Å²) >= 11 is 0. The number of aliphatic hydroxyl groups is 1. The molecule has 0 aromatic heterocycles. The third kappa shape index (κ3) is 1.95. The van der Waals surface area contributed by atoms with E-state index in [0.717, 1.165) is 0 Å². The molecule has 0 saturated heterocycles. The van der Waals surface area contributed by atoms with Crippen molar-refractivity contribution in [1.29, 1.82) is 0 Å². The maximum atomic E-state index is 9.44. The maximum Gasteiger partial charge on any atom is 0.210 e. The molecule has 6 nitrogen and oxygen atoms in total. The molecule has 0 fully saturated rings. The van der Waals surface area contributed by atoms with Crippen molar-refractivity contribution in [3.63, 3.8) is 0 Å². The predicted molar refractivity (Wildman–Crippen MR) is 69.3 cm³/mol. The number of nitrogens with zero attached hydrogens (tertiary/aromatic N) is 4. The van der Waals surface area contributed by atoms with Crippen LogP contribution in [0, 0.1) is 5.92 Å². The van der Waals surface area contributed by atoms with Crippen molar-refractivity contribution >= 4 is 36.5 Å². The van der Waals surface area contributed by atoms with Gasteiger partial charge >= 0.3 is 0 Å². The number of aliphatic hydroxyl groups excluding tert-OH is 1. The second-order valence-corrected chi connectivity index (χ2v) is 4.03. The van der Waals surface area contributed by atoms with Crippen molar-refractivity contribution in [3.05, 3.63) is 12.2 Å². The molecule has 0 radical (unpaired) electrons. The Morgan fingerprint density at radius 2 is 2.24 bits per heavy atom. The van der Waals surface area contributed by atoms with Crippen LogP contribution < -0.4 is 5.73 Å². The zero-order valence-electron chi connectivity index (χ0n) is 8.89. The molecule has 3 N–H and O–H groups in total. The SMILES string of the molecule is Cl.NC1([C@H]2C=C[C@@H](O)C2)N=CC2=NC=NC2=N1. The number of halogens is 1. The topological polar surface area (TPSA) is 95.7 Å². The summed E-state index contributed by atoms with van der Waals surface area (Å²) in [5.41, 5.74) is 6.75. The molecular formula is C10H12ClN5O. The highest BCUT2D eigenvalue weighted by Gasteiger charge is 2.39. The van der Waals surface area contributed by atoms with Gasteiger partial charge in [-0.05, 0) is 6.42 Å². The fourth-order valence-electron chi connectivity index (χ4n) is 1.98. The third-order valence-electron chi connectivity index (χ3n) is 2.89. The van der Waals surface area contributed by atoms with E-state index in [4.69, 9.17) is 5.73 Å². The average Bonchev–Trinajstić information content (AvgIpc) is 2.85. The molecule has 0 aromatic carbocycles. The second-order valence-electron chi connectivity index (χ2n) is 4.03. The molecule has 0 spiro atoms. The standard InChI is InChI=1S/C10H11N5O.ClH/c11-10(6-1-2-7(16)3-6)14-4-8-9(15-10)13-5-12-8;/h1-2,4-7,16H,3,11H2;1H/t6-,7+,10?;/m0./s1. The van der Waals surface area contributed by atoms with Gasteiger partial charge in [-0.1, -0.05) is 12.2 Å². The largest absolute Gasteiger partial charge is 0.389 e. The van der Waals surface area contributed by atoms with Crippen LogP contribution in [0.2, 0.25) is 0 Å². The van der Waals surface area contributed by atoms with Crippen LogP contribution in [0.15, 0.2) is 32.1 Å². The Morgan fingerprint density at radius 3 is 2.94 bits per heavy atom. The summed E-state index contributed by atoms with van der Waals surface area (Å²) < 4.78 is 0. The van der Waals surface area contributed by atoms with E-state index in [1.807, 2.05) is 6.08 Å². The summed E-state index contributed by atoms with van der Waals surface area (Å²) in [6.07, 6.45) is 6.69. The Bertz CT molecular complexity index is 481. The number of hydrogen-bond donors (Lipinski definition) is 2. The van der Waals surface area contributed by atoms with Crippen LogP contribution in [-0.4, -0.2) is 41.1 Å². The monoisotopic (exact) mass is 253 g/mol. The lowest BCUT2D eigenvalue weighted by Crippen LogP contribution is -2.46. The van der Waals surface area contributed by atoms with Crippen LogP contribution in [0.25, 0.3) is 0 Å². The molecule has 7 heteroatoms. The average molecular weight is 254 g/mol. The van der Waals surface area contributed by atoms with Gasteiger partial charge in [-0.25, -0.2) is 20.0 Å². The number of hydrogen-bond acceptors (Lipinski definition) is 6. The lowest BCUT2D eigenvalue weighted by atomic mass is 9.99. The van der Waals surface area contributed by atoms with Crippen molar-refractivity contribution in [3.8, 4) is 0 Å². The molecule has 2 aliphatic heterocycles. The van der Waals surface area contributed by atoms with Crippen LogP contribution in [0.1, 0.15) is 6.42 Å². The van der Waals surface area contributed by atoms with Gasteiger partial charge in [0, 0.05) is 5.92 Å². The number of rotatable bonds is 1.